The molecule has 1 saturated heterocycles. The SMILES string of the molecule is CCN1CCN(c2cc(N)c([N+](=O)[O-])cc2Cl)C(OC)C1. The van der Waals surface area contributed by atoms with Crippen molar-refractivity contribution in [3.8, 4) is 0 Å². The maximum Gasteiger partial charge on any atom is 0.293 e. The van der Waals surface area contributed by atoms with Crippen LogP contribution >= 0.6 is 11.6 Å². The lowest BCUT2D eigenvalue weighted by atomic mass is 10.2. The topological polar surface area (TPSA) is 84.9 Å². The third kappa shape index (κ3) is 3.20. The van der Waals surface area contributed by atoms with Crippen LogP contribution in [0.15, 0.2) is 12.1 Å². The average molecular weight is 315 g/mol. The number of nitrogens with zero attached hydrogens (tertiary/aromatic N) is 3. The first-order valence-electron chi connectivity index (χ1n) is 6.73. The number of nitrogen functional groups attached to an aromatic ring is 1. The quantitative estimate of drug-likeness (QED) is 0.519. The van der Waals surface area contributed by atoms with Crippen LogP contribution in [0.25, 0.3) is 0 Å². The zero-order valence-corrected chi connectivity index (χ0v) is 12.8. The van der Waals surface area contributed by atoms with Crippen molar-refractivity contribution in [1.82, 2.24) is 4.90 Å². The van der Waals surface area contributed by atoms with E-state index in [-0.39, 0.29) is 17.6 Å². The smallest absolute Gasteiger partial charge is 0.293 e. The number of nitrogens with two attached hydrogens (primary N) is 1. The van der Waals surface area contributed by atoms with Gasteiger partial charge in [-0.1, -0.05) is 18.5 Å². The van der Waals surface area contributed by atoms with Gasteiger partial charge in [-0.05, 0) is 12.6 Å². The Hall–Kier alpha value is -1.57. The van der Waals surface area contributed by atoms with Gasteiger partial charge in [-0.3, -0.25) is 15.0 Å². The highest BCUT2D eigenvalue weighted by Crippen LogP contribution is 2.36. The molecule has 0 amide bonds. The lowest BCUT2D eigenvalue weighted by Crippen LogP contribution is -2.54. The highest BCUT2D eigenvalue weighted by Gasteiger charge is 2.29. The van der Waals surface area contributed by atoms with Gasteiger partial charge < -0.3 is 15.4 Å². The van der Waals surface area contributed by atoms with Crippen LogP contribution in [0.4, 0.5) is 17.1 Å². The molecule has 0 spiro atoms. The Morgan fingerprint density at radius 2 is 2.24 bits per heavy atom. The minimum atomic E-state index is -0.534. The van der Waals surface area contributed by atoms with E-state index in [2.05, 4.69) is 11.8 Å². The molecule has 7 nitrogen and oxygen atoms in total. The Morgan fingerprint density at radius 1 is 1.52 bits per heavy atom. The minimum Gasteiger partial charge on any atom is -0.393 e. The molecule has 1 aromatic rings. The number of halogens is 1. The van der Waals surface area contributed by atoms with Crippen LogP contribution in [-0.2, 0) is 4.74 Å². The molecule has 0 bridgehead atoms. The molecule has 0 aliphatic carbocycles. The van der Waals surface area contributed by atoms with Crippen molar-refractivity contribution < 1.29 is 9.66 Å². The van der Waals surface area contributed by atoms with E-state index in [1.165, 1.54) is 6.07 Å². The van der Waals surface area contributed by atoms with Gasteiger partial charge in [0.05, 0.1) is 15.6 Å². The number of methoxy groups -OCH3 is 1. The summed E-state index contributed by atoms with van der Waals surface area (Å²) in [5.74, 6) is 0. The molecule has 0 aromatic heterocycles. The summed E-state index contributed by atoms with van der Waals surface area (Å²) in [6, 6.07) is 2.85. The third-order valence-corrected chi connectivity index (χ3v) is 4.04. The maximum atomic E-state index is 10.9. The molecule has 1 fully saturated rings. The summed E-state index contributed by atoms with van der Waals surface area (Å²) in [5.41, 5.74) is 6.36. The second kappa shape index (κ2) is 6.46. The summed E-state index contributed by atoms with van der Waals surface area (Å²) in [6.45, 7) is 5.40. The summed E-state index contributed by atoms with van der Waals surface area (Å²) in [7, 11) is 1.64. The number of benzene rings is 1. The largest absolute Gasteiger partial charge is 0.393 e. The van der Waals surface area contributed by atoms with Crippen LogP contribution in [0.1, 0.15) is 6.92 Å². The molecule has 1 heterocycles. The van der Waals surface area contributed by atoms with E-state index in [0.29, 0.717) is 10.7 Å². The van der Waals surface area contributed by atoms with Gasteiger partial charge in [-0.25, -0.2) is 0 Å². The van der Waals surface area contributed by atoms with Gasteiger partial charge in [0.2, 0.25) is 0 Å². The third-order valence-electron chi connectivity index (χ3n) is 3.74. The van der Waals surface area contributed by atoms with Crippen LogP contribution < -0.4 is 10.6 Å². The van der Waals surface area contributed by atoms with Crippen molar-refractivity contribution in [2.75, 3.05) is 43.9 Å². The van der Waals surface area contributed by atoms with Crippen molar-refractivity contribution >= 4 is 28.7 Å². The van der Waals surface area contributed by atoms with E-state index in [1.54, 1.807) is 13.2 Å². The van der Waals surface area contributed by atoms with Crippen molar-refractivity contribution in [3.05, 3.63) is 27.3 Å². The molecule has 1 aromatic carbocycles. The molecular weight excluding hydrogens is 296 g/mol. The molecule has 8 heteroatoms. The Bertz CT molecular complexity index is 540. The van der Waals surface area contributed by atoms with Gasteiger partial charge in [0, 0.05) is 32.8 Å². The fraction of sp³-hybridized carbons (Fsp3) is 0.538. The lowest BCUT2D eigenvalue weighted by Gasteiger charge is -2.41. The van der Waals surface area contributed by atoms with Gasteiger partial charge in [-0.2, -0.15) is 0 Å². The van der Waals surface area contributed by atoms with Crippen LogP contribution in [0.3, 0.4) is 0 Å². The molecule has 0 radical (unpaired) electrons. The highest BCUT2D eigenvalue weighted by molar-refractivity contribution is 6.33. The molecule has 116 valence electrons. The number of nitro groups is 1. The Labute approximate surface area is 128 Å². The number of hydrogen-bond donors (Lipinski definition) is 1. The zero-order chi connectivity index (χ0) is 15.6. The summed E-state index contributed by atoms with van der Waals surface area (Å²) in [5, 5.41) is 11.2. The van der Waals surface area contributed by atoms with Crippen molar-refractivity contribution in [1.29, 1.82) is 0 Å². The molecule has 2 rings (SSSR count). The Kier molecular flexibility index (Phi) is 4.87. The predicted octanol–water partition coefficient (Wildman–Crippen LogP) is 1.94. The maximum absolute atomic E-state index is 10.9. The highest BCUT2D eigenvalue weighted by atomic mass is 35.5. The van der Waals surface area contributed by atoms with Gasteiger partial charge >= 0.3 is 0 Å². The van der Waals surface area contributed by atoms with Crippen molar-refractivity contribution in [2.24, 2.45) is 0 Å². The number of hydrogen-bond acceptors (Lipinski definition) is 6. The van der Waals surface area contributed by atoms with E-state index in [1.807, 2.05) is 4.90 Å². The first-order chi connectivity index (χ1) is 9.97. The number of nitro benzene ring substituents is 1. The lowest BCUT2D eigenvalue weighted by molar-refractivity contribution is -0.383. The molecule has 1 unspecified atom stereocenters. The second-order valence-electron chi connectivity index (χ2n) is 4.90. The van der Waals surface area contributed by atoms with Crippen LogP contribution in [-0.4, -0.2) is 49.3 Å². The van der Waals surface area contributed by atoms with E-state index < -0.39 is 4.92 Å². The van der Waals surface area contributed by atoms with E-state index in [4.69, 9.17) is 22.1 Å². The second-order valence-corrected chi connectivity index (χ2v) is 5.30. The van der Waals surface area contributed by atoms with Crippen molar-refractivity contribution in [2.45, 2.75) is 13.2 Å². The van der Waals surface area contributed by atoms with Gasteiger partial charge in [0.25, 0.3) is 5.69 Å². The summed E-state index contributed by atoms with van der Waals surface area (Å²) < 4.78 is 5.51. The predicted molar refractivity (Wildman–Crippen MR) is 82.8 cm³/mol. The fourth-order valence-electron chi connectivity index (χ4n) is 2.51. The number of ether oxygens (including phenoxy) is 1. The molecular formula is C13H19ClN4O3. The van der Waals surface area contributed by atoms with Crippen LogP contribution in [0.5, 0.6) is 0 Å². The Balaban J connectivity index is 2.33. The van der Waals surface area contributed by atoms with E-state index >= 15 is 0 Å². The zero-order valence-electron chi connectivity index (χ0n) is 12.1. The fourth-order valence-corrected chi connectivity index (χ4v) is 2.78. The first-order valence-corrected chi connectivity index (χ1v) is 7.11. The van der Waals surface area contributed by atoms with Crippen molar-refractivity contribution in [3.63, 3.8) is 0 Å². The Morgan fingerprint density at radius 3 is 2.81 bits per heavy atom. The number of anilines is 2. The average Bonchev–Trinajstić information content (AvgIpc) is 2.48. The van der Waals surface area contributed by atoms with Crippen LogP contribution in [0, 0.1) is 10.1 Å². The molecule has 2 N–H and O–H groups in total. The van der Waals surface area contributed by atoms with Gasteiger partial charge in [-0.15, -0.1) is 0 Å². The van der Waals surface area contributed by atoms with Crippen LogP contribution in [0.2, 0.25) is 5.02 Å². The number of piperazine rings is 1. The molecule has 0 saturated carbocycles. The minimum absolute atomic E-state index is 0.104. The van der Waals surface area contributed by atoms with Gasteiger partial charge in [0.15, 0.2) is 0 Å². The normalized spacial score (nSPS) is 19.8. The summed E-state index contributed by atoms with van der Waals surface area (Å²) in [4.78, 5) is 14.6. The van der Waals surface area contributed by atoms with E-state index in [0.717, 1.165) is 26.2 Å². The molecule has 1 aliphatic rings. The van der Waals surface area contributed by atoms with E-state index in [9.17, 15) is 10.1 Å². The first kappa shape index (κ1) is 15.8. The molecule has 21 heavy (non-hydrogen) atoms. The number of rotatable bonds is 4. The monoisotopic (exact) mass is 314 g/mol. The molecule has 1 atom stereocenters. The number of likely N-dealkylation sites (N-methyl/N-ethyl adjacent to an activating group) is 1. The summed E-state index contributed by atoms with van der Waals surface area (Å²) >= 11 is 6.20. The standard InChI is InChI=1S/C13H19ClN4O3/c1-3-16-4-5-17(13(8-16)21-2)11-7-10(15)12(18(19)20)6-9(11)14/h6-7,13H,3-5,8,15H2,1-2H3. The summed E-state index contributed by atoms with van der Waals surface area (Å²) in [6.07, 6.45) is -0.156. The molecule has 1 aliphatic heterocycles. The van der Waals surface area contributed by atoms with Gasteiger partial charge in [0.1, 0.15) is 11.9 Å².